The molecule has 0 bridgehead atoms. The van der Waals surface area contributed by atoms with Gasteiger partial charge in [-0.1, -0.05) is 17.7 Å². The number of nitrogens with zero attached hydrogens (tertiary/aromatic N) is 1. The minimum Gasteiger partial charge on any atom is -0.336 e. The van der Waals surface area contributed by atoms with E-state index in [9.17, 15) is 9.18 Å². The summed E-state index contributed by atoms with van der Waals surface area (Å²) >= 11 is 10.4. The molecule has 0 spiro atoms. The number of thiophene rings is 1. The largest absolute Gasteiger partial charge is 0.336 e. The van der Waals surface area contributed by atoms with Crippen molar-refractivity contribution in [3.63, 3.8) is 0 Å². The number of hydrogen-bond acceptors (Lipinski definition) is 2. The molecule has 2 aromatic rings. The lowest BCUT2D eigenvalue weighted by Crippen LogP contribution is -2.27. The molecule has 0 N–H and O–H groups in total. The third-order valence-corrected chi connectivity index (χ3v) is 4.42. The molecule has 0 atom stereocenters. The molecule has 0 aliphatic carbocycles. The Bertz CT molecular complexity index is 596. The SMILES string of the molecule is CN(Cc1ccc(Cl)s1)C(=O)c1c(F)cccc1Br. The average molecular weight is 363 g/mol. The Morgan fingerprint density at radius 3 is 2.74 bits per heavy atom. The van der Waals surface area contributed by atoms with E-state index in [0.29, 0.717) is 15.4 Å². The van der Waals surface area contributed by atoms with Crippen molar-refractivity contribution in [1.82, 2.24) is 4.90 Å². The quantitative estimate of drug-likeness (QED) is 0.783. The van der Waals surface area contributed by atoms with E-state index in [1.165, 1.54) is 22.3 Å². The number of halogens is 3. The minimum atomic E-state index is -0.532. The predicted octanol–water partition coefficient (Wildman–Crippen LogP) is 4.58. The molecular formula is C13H10BrClFNOS. The van der Waals surface area contributed by atoms with E-state index in [1.807, 2.05) is 6.07 Å². The zero-order valence-corrected chi connectivity index (χ0v) is 13.1. The van der Waals surface area contributed by atoms with Crippen LogP contribution in [0.25, 0.3) is 0 Å². The fourth-order valence-electron chi connectivity index (χ4n) is 1.64. The summed E-state index contributed by atoms with van der Waals surface area (Å²) in [5.41, 5.74) is 0.0488. The Labute approximate surface area is 127 Å². The molecule has 0 aliphatic heterocycles. The number of carbonyl (C=O) groups excluding carboxylic acids is 1. The molecule has 1 heterocycles. The number of hydrogen-bond donors (Lipinski definition) is 0. The summed E-state index contributed by atoms with van der Waals surface area (Å²) in [5.74, 6) is -0.898. The number of amides is 1. The van der Waals surface area contributed by atoms with Gasteiger partial charge in [-0.15, -0.1) is 11.3 Å². The summed E-state index contributed by atoms with van der Waals surface area (Å²) in [6.45, 7) is 0.400. The van der Waals surface area contributed by atoms with E-state index in [-0.39, 0.29) is 11.5 Å². The Morgan fingerprint density at radius 1 is 1.42 bits per heavy atom. The number of rotatable bonds is 3. The maximum absolute atomic E-state index is 13.7. The normalized spacial score (nSPS) is 10.5. The van der Waals surface area contributed by atoms with Crippen molar-refractivity contribution in [1.29, 1.82) is 0 Å². The van der Waals surface area contributed by atoms with E-state index in [1.54, 1.807) is 25.2 Å². The summed E-state index contributed by atoms with van der Waals surface area (Å²) in [7, 11) is 1.63. The summed E-state index contributed by atoms with van der Waals surface area (Å²) in [4.78, 5) is 14.6. The van der Waals surface area contributed by atoms with E-state index < -0.39 is 5.82 Å². The van der Waals surface area contributed by atoms with Crippen LogP contribution in [0, 0.1) is 5.82 Å². The Balaban J connectivity index is 2.19. The molecule has 1 aromatic heterocycles. The third-order valence-electron chi connectivity index (χ3n) is 2.55. The van der Waals surface area contributed by atoms with Crippen molar-refractivity contribution >= 4 is 44.8 Å². The van der Waals surface area contributed by atoms with Crippen molar-refractivity contribution in [2.75, 3.05) is 7.05 Å². The molecular weight excluding hydrogens is 353 g/mol. The molecule has 0 saturated heterocycles. The first-order chi connectivity index (χ1) is 8.99. The van der Waals surface area contributed by atoms with Gasteiger partial charge < -0.3 is 4.90 Å². The number of benzene rings is 1. The van der Waals surface area contributed by atoms with Gasteiger partial charge in [-0.25, -0.2) is 4.39 Å². The van der Waals surface area contributed by atoms with Crippen LogP contribution in [-0.2, 0) is 6.54 Å². The van der Waals surface area contributed by atoms with Crippen LogP contribution in [0.2, 0.25) is 4.34 Å². The first kappa shape index (κ1) is 14.5. The highest BCUT2D eigenvalue weighted by Gasteiger charge is 2.19. The van der Waals surface area contributed by atoms with E-state index in [2.05, 4.69) is 15.9 Å². The number of carbonyl (C=O) groups is 1. The van der Waals surface area contributed by atoms with Crippen molar-refractivity contribution in [3.8, 4) is 0 Å². The van der Waals surface area contributed by atoms with E-state index >= 15 is 0 Å². The molecule has 0 unspecified atom stereocenters. The second kappa shape index (κ2) is 6.03. The third kappa shape index (κ3) is 3.35. The van der Waals surface area contributed by atoms with Gasteiger partial charge in [0.15, 0.2) is 0 Å². The summed E-state index contributed by atoms with van der Waals surface area (Å²) in [6.07, 6.45) is 0. The van der Waals surface area contributed by atoms with Crippen molar-refractivity contribution < 1.29 is 9.18 Å². The van der Waals surface area contributed by atoms with Crippen LogP contribution in [0.3, 0.4) is 0 Å². The molecule has 1 amide bonds. The average Bonchev–Trinajstić information content (AvgIpc) is 2.74. The zero-order chi connectivity index (χ0) is 14.0. The lowest BCUT2D eigenvalue weighted by Gasteiger charge is -2.17. The fraction of sp³-hybridized carbons (Fsp3) is 0.154. The van der Waals surface area contributed by atoms with Gasteiger partial charge in [-0.3, -0.25) is 4.79 Å². The summed E-state index contributed by atoms with van der Waals surface area (Å²) < 4.78 is 14.8. The molecule has 0 fully saturated rings. The summed E-state index contributed by atoms with van der Waals surface area (Å²) in [5, 5.41) is 0. The summed E-state index contributed by atoms with van der Waals surface area (Å²) in [6, 6.07) is 8.10. The molecule has 6 heteroatoms. The fourth-order valence-corrected chi connectivity index (χ4v) is 3.29. The van der Waals surface area contributed by atoms with Gasteiger partial charge >= 0.3 is 0 Å². The second-order valence-electron chi connectivity index (χ2n) is 3.96. The van der Waals surface area contributed by atoms with Gasteiger partial charge in [0.25, 0.3) is 5.91 Å². The molecule has 0 saturated carbocycles. The smallest absolute Gasteiger partial charge is 0.258 e. The topological polar surface area (TPSA) is 20.3 Å². The maximum Gasteiger partial charge on any atom is 0.258 e. The lowest BCUT2D eigenvalue weighted by molar-refractivity contribution is 0.0781. The molecule has 2 nitrogen and oxygen atoms in total. The van der Waals surface area contributed by atoms with Crippen molar-refractivity contribution in [2.45, 2.75) is 6.54 Å². The van der Waals surface area contributed by atoms with Gasteiger partial charge in [-0.05, 0) is 40.2 Å². The van der Waals surface area contributed by atoms with E-state index in [4.69, 9.17) is 11.6 Å². The van der Waals surface area contributed by atoms with Crippen molar-refractivity contribution in [2.24, 2.45) is 0 Å². The van der Waals surface area contributed by atoms with Gasteiger partial charge in [-0.2, -0.15) is 0 Å². The van der Waals surface area contributed by atoms with Gasteiger partial charge in [0.1, 0.15) is 5.82 Å². The van der Waals surface area contributed by atoms with Crippen LogP contribution >= 0.6 is 38.9 Å². The predicted molar refractivity (Wildman–Crippen MR) is 79.2 cm³/mol. The minimum absolute atomic E-state index is 0.0488. The molecule has 0 radical (unpaired) electrons. The van der Waals surface area contributed by atoms with Crippen LogP contribution in [0.1, 0.15) is 15.2 Å². The molecule has 2 rings (SSSR count). The molecule has 19 heavy (non-hydrogen) atoms. The monoisotopic (exact) mass is 361 g/mol. The van der Waals surface area contributed by atoms with Crippen LogP contribution < -0.4 is 0 Å². The Morgan fingerprint density at radius 2 is 2.16 bits per heavy atom. The van der Waals surface area contributed by atoms with Crippen molar-refractivity contribution in [3.05, 3.63) is 55.4 Å². The molecule has 0 aliphatic rings. The van der Waals surface area contributed by atoms with Gasteiger partial charge in [0, 0.05) is 16.4 Å². The first-order valence-electron chi connectivity index (χ1n) is 5.42. The van der Waals surface area contributed by atoms with Crippen LogP contribution in [-0.4, -0.2) is 17.9 Å². The maximum atomic E-state index is 13.7. The first-order valence-corrected chi connectivity index (χ1v) is 7.41. The van der Waals surface area contributed by atoms with Crippen LogP contribution in [0.15, 0.2) is 34.8 Å². The van der Waals surface area contributed by atoms with Crippen LogP contribution in [0.4, 0.5) is 4.39 Å². The standard InChI is InChI=1S/C13H10BrClFNOS/c1-17(7-8-5-6-11(15)19-8)13(18)12-9(14)3-2-4-10(12)16/h2-6H,7H2,1H3. The van der Waals surface area contributed by atoms with Gasteiger partial charge in [0.2, 0.25) is 0 Å². The second-order valence-corrected chi connectivity index (χ2v) is 6.62. The van der Waals surface area contributed by atoms with Crippen LogP contribution in [0.5, 0.6) is 0 Å². The lowest BCUT2D eigenvalue weighted by atomic mass is 10.2. The molecule has 100 valence electrons. The highest BCUT2D eigenvalue weighted by Crippen LogP contribution is 2.25. The Hall–Kier alpha value is -0.910. The Kier molecular flexibility index (Phi) is 4.60. The highest BCUT2D eigenvalue weighted by atomic mass is 79.9. The van der Waals surface area contributed by atoms with Gasteiger partial charge in [0.05, 0.1) is 16.4 Å². The highest BCUT2D eigenvalue weighted by molar-refractivity contribution is 9.10. The van der Waals surface area contributed by atoms with E-state index in [0.717, 1.165) is 4.88 Å². The molecule has 1 aromatic carbocycles. The zero-order valence-electron chi connectivity index (χ0n) is 9.99.